The highest BCUT2D eigenvalue weighted by molar-refractivity contribution is 6.32. The van der Waals surface area contributed by atoms with Gasteiger partial charge < -0.3 is 20.4 Å². The summed E-state index contributed by atoms with van der Waals surface area (Å²) in [5, 5.41) is 18.9. The second kappa shape index (κ2) is 5.52. The molecule has 0 spiro atoms. The van der Waals surface area contributed by atoms with Gasteiger partial charge >= 0.3 is 11.6 Å². The van der Waals surface area contributed by atoms with E-state index < -0.39 is 17.6 Å². The van der Waals surface area contributed by atoms with Crippen molar-refractivity contribution in [3.05, 3.63) is 39.2 Å². The summed E-state index contributed by atoms with van der Waals surface area (Å²) < 4.78 is 4.97. The van der Waals surface area contributed by atoms with Gasteiger partial charge in [-0.25, -0.2) is 4.79 Å². The summed E-state index contributed by atoms with van der Waals surface area (Å²) in [6.45, 7) is 0. The van der Waals surface area contributed by atoms with E-state index in [1.54, 1.807) is 0 Å². The quantitative estimate of drug-likeness (QED) is 0.737. The molecule has 2 rings (SSSR count). The Bertz CT molecular complexity index is 725. The van der Waals surface area contributed by atoms with Crippen LogP contribution >= 0.6 is 11.6 Å². The molecule has 20 heavy (non-hydrogen) atoms. The number of carboxylic acids is 1. The van der Waals surface area contributed by atoms with Gasteiger partial charge in [0.15, 0.2) is 0 Å². The maximum Gasteiger partial charge on any atom is 0.336 e. The van der Waals surface area contributed by atoms with Crippen LogP contribution in [0.1, 0.15) is 12.0 Å². The number of rotatable bonds is 4. The number of nitrogens with two attached hydrogens (primary N) is 1. The lowest BCUT2D eigenvalue weighted by Crippen LogP contribution is -2.30. The summed E-state index contributed by atoms with van der Waals surface area (Å²) in [6.07, 6.45) is 0.461. The van der Waals surface area contributed by atoms with Crippen LogP contribution in [-0.4, -0.2) is 22.2 Å². The number of benzene rings is 1. The van der Waals surface area contributed by atoms with E-state index in [-0.39, 0.29) is 29.2 Å². The first-order chi connectivity index (χ1) is 9.38. The molecule has 1 atom stereocenters. The largest absolute Gasteiger partial charge is 0.506 e. The standard InChI is InChI=1S/C13H12ClNO5/c14-8-4-7-6(1-2-9(15)13(18)19)3-12(17)20-11(7)5-10(8)16/h3-5,9,16H,1-2,15H2,(H,18,19). The fourth-order valence-electron chi connectivity index (χ4n) is 1.88. The maximum absolute atomic E-state index is 11.5. The van der Waals surface area contributed by atoms with Crippen molar-refractivity contribution in [3.63, 3.8) is 0 Å². The summed E-state index contributed by atoms with van der Waals surface area (Å²) in [7, 11) is 0. The summed E-state index contributed by atoms with van der Waals surface area (Å²) in [4.78, 5) is 22.1. The normalized spacial score (nSPS) is 12.5. The third-order valence-corrected chi connectivity index (χ3v) is 3.24. The van der Waals surface area contributed by atoms with Gasteiger partial charge in [-0.3, -0.25) is 4.79 Å². The lowest BCUT2D eigenvalue weighted by molar-refractivity contribution is -0.138. The molecule has 4 N–H and O–H groups in total. The molecule has 0 bridgehead atoms. The molecule has 0 aliphatic carbocycles. The number of hydrogen-bond donors (Lipinski definition) is 3. The zero-order valence-corrected chi connectivity index (χ0v) is 11.1. The minimum atomic E-state index is -1.10. The van der Waals surface area contributed by atoms with Gasteiger partial charge in [-0.1, -0.05) is 11.6 Å². The molecular weight excluding hydrogens is 286 g/mol. The van der Waals surface area contributed by atoms with Crippen molar-refractivity contribution < 1.29 is 19.4 Å². The minimum absolute atomic E-state index is 0.120. The third kappa shape index (κ3) is 2.92. The maximum atomic E-state index is 11.5. The molecule has 0 aliphatic rings. The van der Waals surface area contributed by atoms with Gasteiger partial charge in [0.25, 0.3) is 0 Å². The smallest absolute Gasteiger partial charge is 0.336 e. The molecule has 0 saturated carbocycles. The average molecular weight is 298 g/mol. The first-order valence-electron chi connectivity index (χ1n) is 5.82. The van der Waals surface area contributed by atoms with E-state index in [1.807, 2.05) is 0 Å². The monoisotopic (exact) mass is 297 g/mol. The van der Waals surface area contributed by atoms with E-state index in [2.05, 4.69) is 0 Å². The van der Waals surface area contributed by atoms with E-state index in [4.69, 9.17) is 26.9 Å². The third-order valence-electron chi connectivity index (χ3n) is 2.94. The molecule has 2 aromatic rings. The van der Waals surface area contributed by atoms with Crippen LogP contribution < -0.4 is 11.4 Å². The Morgan fingerprint density at radius 1 is 1.40 bits per heavy atom. The molecule has 1 heterocycles. The van der Waals surface area contributed by atoms with Crippen LogP contribution in [0.15, 0.2) is 27.4 Å². The fourth-order valence-corrected chi connectivity index (χ4v) is 2.04. The number of carboxylic acid groups (broad SMARTS) is 1. The summed E-state index contributed by atoms with van der Waals surface area (Å²) in [5.74, 6) is -1.30. The van der Waals surface area contributed by atoms with E-state index in [9.17, 15) is 14.7 Å². The molecule has 1 unspecified atom stereocenters. The molecule has 6 nitrogen and oxygen atoms in total. The minimum Gasteiger partial charge on any atom is -0.506 e. The Hall–Kier alpha value is -2.05. The van der Waals surface area contributed by atoms with Crippen LogP contribution in [0.2, 0.25) is 5.02 Å². The molecule has 0 aliphatic heterocycles. The van der Waals surface area contributed by atoms with Crippen LogP contribution in [0, 0.1) is 0 Å². The molecule has 0 fully saturated rings. The summed E-state index contributed by atoms with van der Waals surface area (Å²) in [6, 6.07) is 2.98. The molecule has 0 saturated heterocycles. The summed E-state index contributed by atoms with van der Waals surface area (Å²) in [5.41, 5.74) is 5.62. The molecule has 0 amide bonds. The van der Waals surface area contributed by atoms with Gasteiger partial charge in [-0.05, 0) is 24.5 Å². The highest BCUT2D eigenvalue weighted by Crippen LogP contribution is 2.30. The highest BCUT2D eigenvalue weighted by Gasteiger charge is 2.14. The van der Waals surface area contributed by atoms with E-state index in [0.717, 1.165) is 0 Å². The van der Waals surface area contributed by atoms with E-state index >= 15 is 0 Å². The first kappa shape index (κ1) is 14.4. The predicted octanol–water partition coefficient (Wildman–Crippen LogP) is 1.50. The predicted molar refractivity (Wildman–Crippen MR) is 73.1 cm³/mol. The second-order valence-electron chi connectivity index (χ2n) is 4.37. The Labute approximate surface area is 118 Å². The van der Waals surface area contributed by atoms with E-state index in [0.29, 0.717) is 10.9 Å². The van der Waals surface area contributed by atoms with Crippen molar-refractivity contribution in [1.82, 2.24) is 0 Å². The van der Waals surface area contributed by atoms with Gasteiger partial charge in [-0.15, -0.1) is 0 Å². The number of halogens is 1. The van der Waals surface area contributed by atoms with Crippen LogP contribution in [0.25, 0.3) is 11.0 Å². The number of hydrogen-bond acceptors (Lipinski definition) is 5. The number of aromatic hydroxyl groups is 1. The van der Waals surface area contributed by atoms with Crippen molar-refractivity contribution >= 4 is 28.5 Å². The molecular formula is C13H12ClNO5. The summed E-state index contributed by atoms with van der Waals surface area (Å²) >= 11 is 5.82. The molecule has 1 aromatic heterocycles. The first-order valence-corrected chi connectivity index (χ1v) is 6.20. The topological polar surface area (TPSA) is 114 Å². The highest BCUT2D eigenvalue weighted by atomic mass is 35.5. The van der Waals surface area contributed by atoms with Gasteiger partial charge in [0.1, 0.15) is 17.4 Å². The van der Waals surface area contributed by atoms with Gasteiger partial charge in [0.05, 0.1) is 5.02 Å². The lowest BCUT2D eigenvalue weighted by atomic mass is 10.0. The Morgan fingerprint density at radius 3 is 2.75 bits per heavy atom. The molecule has 106 valence electrons. The Kier molecular flexibility index (Phi) is 3.96. The van der Waals surface area contributed by atoms with Crippen molar-refractivity contribution in [2.75, 3.05) is 0 Å². The molecule has 1 aromatic carbocycles. The van der Waals surface area contributed by atoms with Crippen LogP contribution in [0.3, 0.4) is 0 Å². The second-order valence-corrected chi connectivity index (χ2v) is 4.78. The van der Waals surface area contributed by atoms with Crippen LogP contribution in [0.5, 0.6) is 5.75 Å². The number of aliphatic carboxylic acids is 1. The molecule has 0 radical (unpaired) electrons. The van der Waals surface area contributed by atoms with Crippen LogP contribution in [0.4, 0.5) is 0 Å². The Balaban J connectivity index is 2.44. The zero-order valence-electron chi connectivity index (χ0n) is 10.3. The van der Waals surface area contributed by atoms with Crippen molar-refractivity contribution in [2.24, 2.45) is 5.73 Å². The number of carbonyl (C=O) groups is 1. The average Bonchev–Trinajstić information content (AvgIpc) is 2.37. The van der Waals surface area contributed by atoms with Gasteiger partial charge in [-0.2, -0.15) is 0 Å². The number of fused-ring (bicyclic) bond motifs is 1. The van der Waals surface area contributed by atoms with Crippen molar-refractivity contribution in [2.45, 2.75) is 18.9 Å². The van der Waals surface area contributed by atoms with E-state index in [1.165, 1.54) is 18.2 Å². The molecule has 7 heteroatoms. The van der Waals surface area contributed by atoms with Crippen molar-refractivity contribution in [3.8, 4) is 5.75 Å². The van der Waals surface area contributed by atoms with Crippen molar-refractivity contribution in [1.29, 1.82) is 0 Å². The Morgan fingerprint density at radius 2 is 2.10 bits per heavy atom. The lowest BCUT2D eigenvalue weighted by Gasteiger charge is -2.09. The number of aryl methyl sites for hydroxylation is 1. The van der Waals surface area contributed by atoms with Gasteiger partial charge in [0, 0.05) is 17.5 Å². The SMILES string of the molecule is NC(CCc1cc(=O)oc2cc(O)c(Cl)cc12)C(=O)O. The number of phenols is 1. The fraction of sp³-hybridized carbons (Fsp3) is 0.231. The number of phenolic OH excluding ortho intramolecular Hbond substituents is 1. The van der Waals surface area contributed by atoms with Crippen LogP contribution in [-0.2, 0) is 11.2 Å². The van der Waals surface area contributed by atoms with Gasteiger partial charge in [0.2, 0.25) is 0 Å². The zero-order chi connectivity index (χ0) is 14.9.